The van der Waals surface area contributed by atoms with Crippen molar-refractivity contribution in [2.45, 2.75) is 6.42 Å². The van der Waals surface area contributed by atoms with E-state index < -0.39 is 0 Å². The van der Waals surface area contributed by atoms with Crippen LogP contribution in [0.1, 0.15) is 10.4 Å². The number of hydrogen-bond acceptors (Lipinski definition) is 2. The van der Waals surface area contributed by atoms with E-state index in [9.17, 15) is 0 Å². The van der Waals surface area contributed by atoms with Crippen LogP contribution in [0, 0.1) is 5.41 Å². The van der Waals surface area contributed by atoms with Gasteiger partial charge >= 0.3 is 0 Å². The summed E-state index contributed by atoms with van der Waals surface area (Å²) in [5.74, 6) is 0.585. The molecule has 0 radical (unpaired) electrons. The quantitative estimate of drug-likeness (QED) is 0.648. The average Bonchev–Trinajstić information content (AvgIpc) is 2.89. The lowest BCUT2D eigenvalue weighted by Gasteiger charge is -2.19. The molecule has 2 nitrogen and oxygen atoms in total. The fourth-order valence-electron chi connectivity index (χ4n) is 1.66. The molecule has 1 N–H and O–H groups in total. The topological polar surface area (TPSA) is 27.1 Å². The van der Waals surface area contributed by atoms with Crippen molar-refractivity contribution in [3.05, 3.63) is 58.3 Å². The average molecular weight is 244 g/mol. The first-order chi connectivity index (χ1) is 8.27. The van der Waals surface area contributed by atoms with Gasteiger partial charge < -0.3 is 4.90 Å². The Labute approximate surface area is 106 Å². The van der Waals surface area contributed by atoms with E-state index in [4.69, 9.17) is 5.41 Å². The molecule has 0 saturated carbocycles. The molecular formula is C14H16N2S. The highest BCUT2D eigenvalue weighted by atomic mass is 32.1. The van der Waals surface area contributed by atoms with Crippen molar-refractivity contribution in [1.29, 1.82) is 5.41 Å². The monoisotopic (exact) mass is 244 g/mol. The zero-order valence-corrected chi connectivity index (χ0v) is 10.7. The lowest BCUT2D eigenvalue weighted by atomic mass is 10.2. The van der Waals surface area contributed by atoms with Gasteiger partial charge in [0.05, 0.1) is 0 Å². The molecular weight excluding hydrogens is 228 g/mol. The van der Waals surface area contributed by atoms with Crippen LogP contribution in [0.15, 0.2) is 47.8 Å². The molecule has 0 unspecified atom stereocenters. The Balaban J connectivity index is 1.92. The Morgan fingerprint density at radius 2 is 1.94 bits per heavy atom. The van der Waals surface area contributed by atoms with E-state index in [0.717, 1.165) is 18.5 Å². The lowest BCUT2D eigenvalue weighted by Crippen LogP contribution is -2.28. The van der Waals surface area contributed by atoms with Crippen LogP contribution in [0.2, 0.25) is 0 Å². The van der Waals surface area contributed by atoms with Gasteiger partial charge in [-0.05, 0) is 17.9 Å². The molecule has 88 valence electrons. The first-order valence-corrected chi connectivity index (χ1v) is 6.53. The number of nitrogens with one attached hydrogen (secondary N) is 1. The zero-order valence-electron chi connectivity index (χ0n) is 9.89. The number of thiophene rings is 1. The summed E-state index contributed by atoms with van der Waals surface area (Å²) in [4.78, 5) is 3.37. The SMILES string of the molecule is CN(CCc1cccs1)C(=N)c1ccccc1. The highest BCUT2D eigenvalue weighted by Gasteiger charge is 2.06. The fraction of sp³-hybridized carbons (Fsp3) is 0.214. The maximum Gasteiger partial charge on any atom is 0.127 e. The van der Waals surface area contributed by atoms with Crippen molar-refractivity contribution in [3.8, 4) is 0 Å². The van der Waals surface area contributed by atoms with Gasteiger partial charge in [-0.15, -0.1) is 11.3 Å². The second kappa shape index (κ2) is 5.64. The van der Waals surface area contributed by atoms with E-state index >= 15 is 0 Å². The molecule has 2 aromatic rings. The van der Waals surface area contributed by atoms with Gasteiger partial charge in [-0.1, -0.05) is 36.4 Å². The Bertz CT molecular complexity index is 462. The molecule has 1 aromatic heterocycles. The molecule has 0 amide bonds. The van der Waals surface area contributed by atoms with Crippen LogP contribution in [0.3, 0.4) is 0 Å². The second-order valence-corrected chi connectivity index (χ2v) is 5.00. The molecule has 0 aliphatic carbocycles. The number of rotatable bonds is 4. The number of benzene rings is 1. The predicted octanol–water partition coefficient (Wildman–Crippen LogP) is 3.25. The first kappa shape index (κ1) is 11.9. The molecule has 0 aliphatic heterocycles. The van der Waals surface area contributed by atoms with E-state index in [-0.39, 0.29) is 0 Å². The summed E-state index contributed by atoms with van der Waals surface area (Å²) in [6.45, 7) is 0.883. The van der Waals surface area contributed by atoms with Gasteiger partial charge in [0.2, 0.25) is 0 Å². The molecule has 1 aromatic carbocycles. The molecule has 0 fully saturated rings. The summed E-state index contributed by atoms with van der Waals surface area (Å²) in [5.41, 5.74) is 0.973. The van der Waals surface area contributed by atoms with Crippen LogP contribution >= 0.6 is 11.3 Å². The van der Waals surface area contributed by atoms with Gasteiger partial charge in [0.25, 0.3) is 0 Å². The van der Waals surface area contributed by atoms with Gasteiger partial charge in [0.1, 0.15) is 5.84 Å². The molecule has 3 heteroatoms. The summed E-state index contributed by atoms with van der Waals surface area (Å²) in [6, 6.07) is 14.1. The minimum Gasteiger partial charge on any atom is -0.359 e. The Morgan fingerprint density at radius 1 is 1.18 bits per heavy atom. The second-order valence-electron chi connectivity index (χ2n) is 3.97. The van der Waals surface area contributed by atoms with Crippen LogP contribution in [0.4, 0.5) is 0 Å². The summed E-state index contributed by atoms with van der Waals surface area (Å²) < 4.78 is 0. The minimum atomic E-state index is 0.585. The Morgan fingerprint density at radius 3 is 2.59 bits per heavy atom. The van der Waals surface area contributed by atoms with Gasteiger partial charge in [0, 0.05) is 24.0 Å². The van der Waals surface area contributed by atoms with Crippen molar-refractivity contribution in [2.75, 3.05) is 13.6 Å². The summed E-state index contributed by atoms with van der Waals surface area (Å²) >= 11 is 1.78. The van der Waals surface area contributed by atoms with Crippen molar-refractivity contribution in [2.24, 2.45) is 0 Å². The van der Waals surface area contributed by atoms with E-state index in [1.54, 1.807) is 11.3 Å². The van der Waals surface area contributed by atoms with Gasteiger partial charge in [-0.2, -0.15) is 0 Å². The number of likely N-dealkylation sites (N-methyl/N-ethyl adjacent to an activating group) is 1. The van der Waals surface area contributed by atoms with Gasteiger partial charge in [-0.3, -0.25) is 5.41 Å². The van der Waals surface area contributed by atoms with Gasteiger partial charge in [0.15, 0.2) is 0 Å². The molecule has 1 heterocycles. The number of nitrogens with zero attached hydrogens (tertiary/aromatic N) is 1. The lowest BCUT2D eigenvalue weighted by molar-refractivity contribution is 0.508. The van der Waals surface area contributed by atoms with Crippen LogP contribution in [0.25, 0.3) is 0 Å². The highest BCUT2D eigenvalue weighted by molar-refractivity contribution is 7.09. The molecule has 0 spiro atoms. The van der Waals surface area contributed by atoms with Crippen LogP contribution in [0.5, 0.6) is 0 Å². The molecule has 0 atom stereocenters. The molecule has 0 bridgehead atoms. The number of hydrogen-bond donors (Lipinski definition) is 1. The third-order valence-electron chi connectivity index (χ3n) is 2.70. The minimum absolute atomic E-state index is 0.585. The smallest absolute Gasteiger partial charge is 0.127 e. The maximum absolute atomic E-state index is 8.09. The highest BCUT2D eigenvalue weighted by Crippen LogP contribution is 2.10. The van der Waals surface area contributed by atoms with Crippen LogP contribution in [-0.2, 0) is 6.42 Å². The molecule has 17 heavy (non-hydrogen) atoms. The van der Waals surface area contributed by atoms with Gasteiger partial charge in [-0.25, -0.2) is 0 Å². The summed E-state index contributed by atoms with van der Waals surface area (Å²) in [6.07, 6.45) is 1.00. The van der Waals surface area contributed by atoms with E-state index in [0.29, 0.717) is 5.84 Å². The molecule has 0 aliphatic rings. The summed E-state index contributed by atoms with van der Waals surface area (Å²) in [7, 11) is 1.98. The third-order valence-corrected chi connectivity index (χ3v) is 3.64. The first-order valence-electron chi connectivity index (χ1n) is 5.65. The maximum atomic E-state index is 8.09. The van der Waals surface area contributed by atoms with E-state index in [1.165, 1.54) is 4.88 Å². The van der Waals surface area contributed by atoms with Crippen molar-refractivity contribution < 1.29 is 0 Å². The Hall–Kier alpha value is -1.61. The van der Waals surface area contributed by atoms with Crippen LogP contribution in [-0.4, -0.2) is 24.3 Å². The third kappa shape index (κ3) is 3.17. The largest absolute Gasteiger partial charge is 0.359 e. The number of amidine groups is 1. The fourth-order valence-corrected chi connectivity index (χ4v) is 2.36. The zero-order chi connectivity index (χ0) is 12.1. The van der Waals surface area contributed by atoms with Crippen molar-refractivity contribution in [3.63, 3.8) is 0 Å². The standard InChI is InChI=1S/C14H16N2S/c1-16(10-9-13-8-5-11-17-13)14(15)12-6-3-2-4-7-12/h2-8,11,15H,9-10H2,1H3. The van der Waals surface area contributed by atoms with E-state index in [2.05, 4.69) is 17.5 Å². The molecule has 0 saturated heterocycles. The summed E-state index contributed by atoms with van der Waals surface area (Å²) in [5, 5.41) is 10.2. The van der Waals surface area contributed by atoms with Crippen LogP contribution < -0.4 is 0 Å². The van der Waals surface area contributed by atoms with E-state index in [1.807, 2.05) is 42.3 Å². The predicted molar refractivity (Wildman–Crippen MR) is 73.9 cm³/mol. The molecule has 2 rings (SSSR count). The Kier molecular flexibility index (Phi) is 3.94. The normalized spacial score (nSPS) is 10.2. The van der Waals surface area contributed by atoms with Crippen molar-refractivity contribution >= 4 is 17.2 Å². The van der Waals surface area contributed by atoms with Crippen molar-refractivity contribution in [1.82, 2.24) is 4.90 Å².